The van der Waals surface area contributed by atoms with Crippen molar-refractivity contribution < 1.29 is 13.9 Å². The molecule has 2 heterocycles. The standard InChI is InChI=1S/C19H24N2O4/c1-13-3-4-16-15(11-19(23)25-17(16)9-13)10-18(22)20-14(2)12-21-5-7-24-8-6-21/h3-4,9,11,14H,5-8,10,12H2,1-2H3,(H,20,22)/t14-/m1/s1. The summed E-state index contributed by atoms with van der Waals surface area (Å²) in [5, 5.41) is 3.82. The van der Waals surface area contributed by atoms with Crippen molar-refractivity contribution in [2.45, 2.75) is 26.3 Å². The topological polar surface area (TPSA) is 71.8 Å². The van der Waals surface area contributed by atoms with Crippen LogP contribution in [0.25, 0.3) is 11.0 Å². The molecule has 0 spiro atoms. The first-order valence-electron chi connectivity index (χ1n) is 8.64. The predicted octanol–water partition coefficient (Wildman–Crippen LogP) is 1.48. The Labute approximate surface area is 146 Å². The molecule has 1 atom stereocenters. The zero-order valence-corrected chi connectivity index (χ0v) is 14.7. The van der Waals surface area contributed by atoms with Gasteiger partial charge in [0.2, 0.25) is 5.91 Å². The molecule has 0 radical (unpaired) electrons. The maximum Gasteiger partial charge on any atom is 0.336 e. The molecule has 3 rings (SSSR count). The summed E-state index contributed by atoms with van der Waals surface area (Å²) >= 11 is 0. The number of aryl methyl sites for hydroxylation is 1. The van der Waals surface area contributed by atoms with E-state index in [4.69, 9.17) is 9.15 Å². The van der Waals surface area contributed by atoms with E-state index in [-0.39, 0.29) is 18.4 Å². The van der Waals surface area contributed by atoms with Crippen LogP contribution in [0.4, 0.5) is 0 Å². The SMILES string of the molecule is Cc1ccc2c(CC(=O)N[C@H](C)CN3CCOCC3)cc(=O)oc2c1. The molecule has 1 fully saturated rings. The summed E-state index contributed by atoms with van der Waals surface area (Å²) in [6.45, 7) is 8.00. The second-order valence-electron chi connectivity index (χ2n) is 6.65. The van der Waals surface area contributed by atoms with Gasteiger partial charge in [-0.3, -0.25) is 9.69 Å². The van der Waals surface area contributed by atoms with Gasteiger partial charge in [-0.1, -0.05) is 12.1 Å². The van der Waals surface area contributed by atoms with Crippen molar-refractivity contribution in [1.82, 2.24) is 10.2 Å². The predicted molar refractivity (Wildman–Crippen MR) is 95.8 cm³/mol. The molecular weight excluding hydrogens is 320 g/mol. The average Bonchev–Trinajstić information content (AvgIpc) is 2.54. The Morgan fingerprint density at radius 3 is 2.80 bits per heavy atom. The van der Waals surface area contributed by atoms with Gasteiger partial charge in [-0.25, -0.2) is 4.79 Å². The van der Waals surface area contributed by atoms with Gasteiger partial charge >= 0.3 is 5.63 Å². The molecule has 1 aliphatic rings. The maximum atomic E-state index is 12.4. The third-order valence-electron chi connectivity index (χ3n) is 4.38. The lowest BCUT2D eigenvalue weighted by atomic mass is 10.1. The molecule has 1 saturated heterocycles. The lowest BCUT2D eigenvalue weighted by molar-refractivity contribution is -0.121. The molecule has 2 aromatic rings. The van der Waals surface area contributed by atoms with Crippen LogP contribution in [0.15, 0.2) is 33.5 Å². The van der Waals surface area contributed by atoms with Crippen LogP contribution < -0.4 is 10.9 Å². The fraction of sp³-hybridized carbons (Fsp3) is 0.474. The van der Waals surface area contributed by atoms with E-state index in [1.165, 1.54) is 6.07 Å². The Balaban J connectivity index is 1.66. The highest BCUT2D eigenvalue weighted by Crippen LogP contribution is 2.19. The lowest BCUT2D eigenvalue weighted by Crippen LogP contribution is -2.46. The third-order valence-corrected chi connectivity index (χ3v) is 4.38. The minimum atomic E-state index is -0.428. The number of hydrogen-bond acceptors (Lipinski definition) is 5. The average molecular weight is 344 g/mol. The molecule has 1 amide bonds. The van der Waals surface area contributed by atoms with E-state index in [9.17, 15) is 9.59 Å². The van der Waals surface area contributed by atoms with Crippen molar-refractivity contribution >= 4 is 16.9 Å². The van der Waals surface area contributed by atoms with Crippen molar-refractivity contribution in [2.24, 2.45) is 0 Å². The third kappa shape index (κ3) is 4.67. The zero-order valence-electron chi connectivity index (χ0n) is 14.7. The number of nitrogens with zero attached hydrogens (tertiary/aromatic N) is 1. The number of ether oxygens (including phenoxy) is 1. The number of carbonyl (C=O) groups is 1. The highest BCUT2D eigenvalue weighted by atomic mass is 16.5. The molecule has 1 aromatic heterocycles. The normalized spacial score (nSPS) is 16.7. The highest BCUT2D eigenvalue weighted by Gasteiger charge is 2.16. The van der Waals surface area contributed by atoms with E-state index in [1.54, 1.807) is 0 Å². The molecule has 1 aliphatic heterocycles. The van der Waals surface area contributed by atoms with Crippen molar-refractivity contribution in [2.75, 3.05) is 32.8 Å². The Hall–Kier alpha value is -2.18. The van der Waals surface area contributed by atoms with Crippen LogP contribution in [0.3, 0.4) is 0 Å². The molecule has 6 nitrogen and oxygen atoms in total. The van der Waals surface area contributed by atoms with E-state index < -0.39 is 5.63 Å². The van der Waals surface area contributed by atoms with Crippen LogP contribution in [0, 0.1) is 6.92 Å². The lowest BCUT2D eigenvalue weighted by Gasteiger charge is -2.29. The Morgan fingerprint density at radius 1 is 1.28 bits per heavy atom. The van der Waals surface area contributed by atoms with Gasteiger partial charge < -0.3 is 14.5 Å². The summed E-state index contributed by atoms with van der Waals surface area (Å²) in [6.07, 6.45) is 0.165. The van der Waals surface area contributed by atoms with Gasteiger partial charge in [0.1, 0.15) is 5.58 Å². The van der Waals surface area contributed by atoms with Gasteiger partial charge in [-0.05, 0) is 31.0 Å². The number of amides is 1. The monoisotopic (exact) mass is 344 g/mol. The van der Waals surface area contributed by atoms with E-state index in [0.717, 1.165) is 43.8 Å². The largest absolute Gasteiger partial charge is 0.423 e. The maximum absolute atomic E-state index is 12.4. The zero-order chi connectivity index (χ0) is 17.8. The van der Waals surface area contributed by atoms with Crippen molar-refractivity contribution in [3.63, 3.8) is 0 Å². The molecule has 1 N–H and O–H groups in total. The van der Waals surface area contributed by atoms with Crippen molar-refractivity contribution in [3.8, 4) is 0 Å². The molecule has 25 heavy (non-hydrogen) atoms. The van der Waals surface area contributed by atoms with Crippen LogP contribution in [0.5, 0.6) is 0 Å². The van der Waals surface area contributed by atoms with Gasteiger partial charge in [-0.15, -0.1) is 0 Å². The van der Waals surface area contributed by atoms with Gasteiger partial charge in [0.25, 0.3) is 0 Å². The molecule has 0 unspecified atom stereocenters. The Morgan fingerprint density at radius 2 is 2.04 bits per heavy atom. The number of hydrogen-bond donors (Lipinski definition) is 1. The second kappa shape index (κ2) is 7.80. The van der Waals surface area contributed by atoms with Crippen LogP contribution in [0.2, 0.25) is 0 Å². The van der Waals surface area contributed by atoms with Crippen LogP contribution in [-0.2, 0) is 16.0 Å². The minimum absolute atomic E-state index is 0.0410. The molecule has 1 aromatic carbocycles. The minimum Gasteiger partial charge on any atom is -0.423 e. The number of benzene rings is 1. The van der Waals surface area contributed by atoms with Crippen molar-refractivity contribution in [1.29, 1.82) is 0 Å². The highest BCUT2D eigenvalue weighted by molar-refractivity contribution is 5.87. The van der Waals surface area contributed by atoms with E-state index in [0.29, 0.717) is 11.1 Å². The number of nitrogens with one attached hydrogen (secondary N) is 1. The van der Waals surface area contributed by atoms with Gasteiger partial charge in [0.05, 0.1) is 19.6 Å². The number of fused-ring (bicyclic) bond motifs is 1. The first-order chi connectivity index (χ1) is 12.0. The van der Waals surface area contributed by atoms with Gasteiger partial charge in [-0.2, -0.15) is 0 Å². The summed E-state index contributed by atoms with van der Waals surface area (Å²) in [4.78, 5) is 26.4. The van der Waals surface area contributed by atoms with Gasteiger partial charge in [0, 0.05) is 37.1 Å². The molecule has 6 heteroatoms. The fourth-order valence-corrected chi connectivity index (χ4v) is 3.20. The van der Waals surface area contributed by atoms with Crippen LogP contribution in [0.1, 0.15) is 18.1 Å². The number of morpholine rings is 1. The molecule has 134 valence electrons. The first-order valence-corrected chi connectivity index (χ1v) is 8.64. The van der Waals surface area contributed by atoms with Crippen molar-refractivity contribution in [3.05, 3.63) is 45.8 Å². The number of rotatable bonds is 5. The molecule has 0 saturated carbocycles. The quantitative estimate of drug-likeness (QED) is 0.832. The van der Waals surface area contributed by atoms with Gasteiger partial charge in [0.15, 0.2) is 0 Å². The summed E-state index contributed by atoms with van der Waals surface area (Å²) < 4.78 is 10.6. The fourth-order valence-electron chi connectivity index (χ4n) is 3.20. The Bertz CT molecular complexity index is 809. The van der Waals surface area contributed by atoms with E-state index in [1.807, 2.05) is 32.0 Å². The van der Waals surface area contributed by atoms with Crippen LogP contribution >= 0.6 is 0 Å². The van der Waals surface area contributed by atoms with E-state index >= 15 is 0 Å². The van der Waals surface area contributed by atoms with Crippen LogP contribution in [-0.4, -0.2) is 49.7 Å². The smallest absolute Gasteiger partial charge is 0.336 e. The summed E-state index contributed by atoms with van der Waals surface area (Å²) in [6, 6.07) is 7.11. The molecule has 0 bridgehead atoms. The molecular formula is C19H24N2O4. The summed E-state index contributed by atoms with van der Waals surface area (Å²) in [5.74, 6) is -0.0896. The van der Waals surface area contributed by atoms with E-state index in [2.05, 4.69) is 10.2 Å². The Kier molecular flexibility index (Phi) is 5.50. The summed E-state index contributed by atoms with van der Waals surface area (Å²) in [7, 11) is 0. The summed E-state index contributed by atoms with van der Waals surface area (Å²) in [5.41, 5.74) is 1.80. The first kappa shape index (κ1) is 17.6. The number of carbonyl (C=O) groups excluding carboxylic acids is 1. The second-order valence-corrected chi connectivity index (χ2v) is 6.65. The molecule has 0 aliphatic carbocycles.